The SMILES string of the molecule is CC(C)(C)C1CN(c2ccc(C#N)cc2N)C1. The van der Waals surface area contributed by atoms with E-state index in [1.165, 1.54) is 0 Å². The van der Waals surface area contributed by atoms with Gasteiger partial charge in [0.25, 0.3) is 0 Å². The summed E-state index contributed by atoms with van der Waals surface area (Å²) in [4.78, 5) is 2.28. The van der Waals surface area contributed by atoms with E-state index in [1.807, 2.05) is 12.1 Å². The number of benzene rings is 1. The van der Waals surface area contributed by atoms with Gasteiger partial charge >= 0.3 is 0 Å². The number of nitriles is 1. The molecule has 0 saturated carbocycles. The number of nitrogen functional groups attached to an aromatic ring is 1. The molecule has 1 aromatic rings. The van der Waals surface area contributed by atoms with Gasteiger partial charge in [-0.3, -0.25) is 0 Å². The lowest BCUT2D eigenvalue weighted by Gasteiger charge is -2.48. The van der Waals surface area contributed by atoms with Crippen LogP contribution in [0.3, 0.4) is 0 Å². The third-order valence-corrected chi connectivity index (χ3v) is 3.60. The van der Waals surface area contributed by atoms with Crippen molar-refractivity contribution in [1.29, 1.82) is 5.26 Å². The largest absolute Gasteiger partial charge is 0.397 e. The van der Waals surface area contributed by atoms with E-state index in [9.17, 15) is 0 Å². The normalized spacial score (nSPS) is 16.5. The Bertz CT molecular complexity index is 459. The first-order valence-corrected chi connectivity index (χ1v) is 5.96. The highest BCUT2D eigenvalue weighted by Gasteiger charge is 2.36. The third-order valence-electron chi connectivity index (χ3n) is 3.60. The second kappa shape index (κ2) is 3.96. The smallest absolute Gasteiger partial charge is 0.0992 e. The predicted molar refractivity (Wildman–Crippen MR) is 70.7 cm³/mol. The Kier molecular flexibility index (Phi) is 2.74. The fraction of sp³-hybridized carbons (Fsp3) is 0.500. The molecule has 1 heterocycles. The number of nitrogens with zero attached hydrogens (tertiary/aromatic N) is 2. The van der Waals surface area contributed by atoms with E-state index in [0.29, 0.717) is 16.7 Å². The van der Waals surface area contributed by atoms with Gasteiger partial charge in [-0.15, -0.1) is 0 Å². The molecule has 0 aromatic heterocycles. The molecule has 1 aliphatic rings. The molecule has 1 aliphatic heterocycles. The Labute approximate surface area is 103 Å². The second-order valence-electron chi connectivity index (χ2n) is 5.85. The van der Waals surface area contributed by atoms with Crippen LogP contribution in [0.2, 0.25) is 0 Å². The molecule has 2 rings (SSSR count). The number of nitrogens with two attached hydrogens (primary N) is 1. The Balaban J connectivity index is 2.10. The molecule has 17 heavy (non-hydrogen) atoms. The molecule has 2 N–H and O–H groups in total. The van der Waals surface area contributed by atoms with Crippen LogP contribution in [0, 0.1) is 22.7 Å². The Morgan fingerprint density at radius 2 is 2.00 bits per heavy atom. The van der Waals surface area contributed by atoms with Gasteiger partial charge in [0, 0.05) is 13.1 Å². The summed E-state index contributed by atoms with van der Waals surface area (Å²) >= 11 is 0. The highest BCUT2D eigenvalue weighted by Crippen LogP contribution is 2.38. The van der Waals surface area contributed by atoms with Gasteiger partial charge in [0.15, 0.2) is 0 Å². The molecule has 0 spiro atoms. The highest BCUT2D eigenvalue weighted by atomic mass is 15.2. The van der Waals surface area contributed by atoms with Crippen molar-refractivity contribution in [3.8, 4) is 6.07 Å². The van der Waals surface area contributed by atoms with E-state index >= 15 is 0 Å². The number of hydrogen-bond donors (Lipinski definition) is 1. The molecular weight excluding hydrogens is 210 g/mol. The molecular formula is C14H19N3. The first kappa shape index (κ1) is 11.8. The summed E-state index contributed by atoms with van der Waals surface area (Å²) in [6, 6.07) is 7.63. The second-order valence-corrected chi connectivity index (χ2v) is 5.85. The summed E-state index contributed by atoms with van der Waals surface area (Å²) in [6.07, 6.45) is 0. The van der Waals surface area contributed by atoms with Gasteiger partial charge in [-0.2, -0.15) is 5.26 Å². The maximum atomic E-state index is 8.79. The molecule has 0 unspecified atom stereocenters. The molecule has 0 aliphatic carbocycles. The van der Waals surface area contributed by atoms with E-state index in [-0.39, 0.29) is 0 Å². The lowest BCUT2D eigenvalue weighted by atomic mass is 9.76. The van der Waals surface area contributed by atoms with Gasteiger partial charge in [0.1, 0.15) is 0 Å². The topological polar surface area (TPSA) is 53.0 Å². The van der Waals surface area contributed by atoms with E-state index in [2.05, 4.69) is 31.7 Å². The predicted octanol–water partition coefficient (Wildman–Crippen LogP) is 2.62. The van der Waals surface area contributed by atoms with E-state index in [4.69, 9.17) is 11.0 Å². The van der Waals surface area contributed by atoms with Crippen molar-refractivity contribution in [3.05, 3.63) is 23.8 Å². The summed E-state index contributed by atoms with van der Waals surface area (Å²) in [5.74, 6) is 0.720. The lowest BCUT2D eigenvalue weighted by Crippen LogP contribution is -2.52. The van der Waals surface area contributed by atoms with Crippen molar-refractivity contribution in [2.75, 3.05) is 23.7 Å². The molecule has 90 valence electrons. The minimum Gasteiger partial charge on any atom is -0.397 e. The van der Waals surface area contributed by atoms with E-state index in [0.717, 1.165) is 24.7 Å². The van der Waals surface area contributed by atoms with Crippen LogP contribution < -0.4 is 10.6 Å². The monoisotopic (exact) mass is 229 g/mol. The molecule has 3 nitrogen and oxygen atoms in total. The van der Waals surface area contributed by atoms with Crippen LogP contribution in [-0.4, -0.2) is 13.1 Å². The first-order valence-electron chi connectivity index (χ1n) is 5.96. The fourth-order valence-electron chi connectivity index (χ4n) is 2.14. The van der Waals surface area contributed by atoms with Crippen molar-refractivity contribution in [3.63, 3.8) is 0 Å². The van der Waals surface area contributed by atoms with E-state index in [1.54, 1.807) is 6.07 Å². The summed E-state index contributed by atoms with van der Waals surface area (Å²) < 4.78 is 0. The van der Waals surface area contributed by atoms with Crippen LogP contribution in [0.1, 0.15) is 26.3 Å². The summed E-state index contributed by atoms with van der Waals surface area (Å²) in [5, 5.41) is 8.79. The summed E-state index contributed by atoms with van der Waals surface area (Å²) in [7, 11) is 0. The lowest BCUT2D eigenvalue weighted by molar-refractivity contribution is 0.195. The Hall–Kier alpha value is -1.69. The van der Waals surface area contributed by atoms with Crippen molar-refractivity contribution < 1.29 is 0 Å². The van der Waals surface area contributed by atoms with Gasteiger partial charge < -0.3 is 10.6 Å². The zero-order valence-electron chi connectivity index (χ0n) is 10.7. The van der Waals surface area contributed by atoms with Crippen LogP contribution in [0.4, 0.5) is 11.4 Å². The van der Waals surface area contributed by atoms with Crippen molar-refractivity contribution in [2.24, 2.45) is 11.3 Å². The van der Waals surface area contributed by atoms with Crippen LogP contribution in [0.25, 0.3) is 0 Å². The maximum Gasteiger partial charge on any atom is 0.0992 e. The van der Waals surface area contributed by atoms with Gasteiger partial charge in [0.2, 0.25) is 0 Å². The van der Waals surface area contributed by atoms with Crippen molar-refractivity contribution >= 4 is 11.4 Å². The molecule has 3 heteroatoms. The average Bonchev–Trinajstić information content (AvgIpc) is 2.16. The zero-order chi connectivity index (χ0) is 12.6. The van der Waals surface area contributed by atoms with Gasteiger partial charge in [-0.1, -0.05) is 20.8 Å². The first-order chi connectivity index (χ1) is 7.91. The van der Waals surface area contributed by atoms with Crippen LogP contribution in [-0.2, 0) is 0 Å². The van der Waals surface area contributed by atoms with Crippen molar-refractivity contribution in [2.45, 2.75) is 20.8 Å². The van der Waals surface area contributed by atoms with Gasteiger partial charge in [-0.05, 0) is 29.5 Å². The standard InChI is InChI=1S/C14H19N3/c1-14(2,3)11-8-17(9-11)13-5-4-10(7-15)6-12(13)16/h4-6,11H,8-9,16H2,1-3H3. The Morgan fingerprint density at radius 1 is 1.35 bits per heavy atom. The third kappa shape index (κ3) is 2.21. The quantitative estimate of drug-likeness (QED) is 0.753. The maximum absolute atomic E-state index is 8.79. The molecule has 1 fully saturated rings. The minimum atomic E-state index is 0.359. The molecule has 1 aromatic carbocycles. The summed E-state index contributed by atoms with van der Waals surface area (Å²) in [5.41, 5.74) is 8.72. The fourth-order valence-corrected chi connectivity index (χ4v) is 2.14. The zero-order valence-corrected chi connectivity index (χ0v) is 10.7. The average molecular weight is 229 g/mol. The molecule has 1 saturated heterocycles. The number of anilines is 2. The summed E-state index contributed by atoms with van der Waals surface area (Å²) in [6.45, 7) is 8.94. The molecule has 0 amide bonds. The van der Waals surface area contributed by atoms with Crippen LogP contribution in [0.5, 0.6) is 0 Å². The minimum absolute atomic E-state index is 0.359. The number of hydrogen-bond acceptors (Lipinski definition) is 3. The van der Waals surface area contributed by atoms with Crippen LogP contribution in [0.15, 0.2) is 18.2 Å². The number of rotatable bonds is 1. The molecule has 0 atom stereocenters. The van der Waals surface area contributed by atoms with Crippen molar-refractivity contribution in [1.82, 2.24) is 0 Å². The van der Waals surface area contributed by atoms with Crippen LogP contribution >= 0.6 is 0 Å². The molecule has 0 bridgehead atoms. The molecule has 0 radical (unpaired) electrons. The van der Waals surface area contributed by atoms with Gasteiger partial charge in [-0.25, -0.2) is 0 Å². The highest BCUT2D eigenvalue weighted by molar-refractivity contribution is 5.70. The van der Waals surface area contributed by atoms with E-state index < -0.39 is 0 Å². The van der Waals surface area contributed by atoms with Gasteiger partial charge in [0.05, 0.1) is 23.0 Å². The Morgan fingerprint density at radius 3 is 2.47 bits per heavy atom.